The van der Waals surface area contributed by atoms with Crippen LogP contribution in [0.3, 0.4) is 0 Å². The van der Waals surface area contributed by atoms with Crippen molar-refractivity contribution in [1.29, 1.82) is 10.5 Å². The van der Waals surface area contributed by atoms with Crippen LogP contribution in [-0.2, 0) is 14.5 Å². The summed E-state index contributed by atoms with van der Waals surface area (Å²) in [6.07, 6.45) is -0.870. The van der Waals surface area contributed by atoms with E-state index in [2.05, 4.69) is 15.2 Å². The third-order valence-corrected chi connectivity index (χ3v) is 2.70. The summed E-state index contributed by atoms with van der Waals surface area (Å²) < 4.78 is 11.6. The molecular formula is C12H15FN4O4. The molecule has 0 aromatic carbocycles. The van der Waals surface area contributed by atoms with E-state index in [1.54, 1.807) is 6.07 Å². The molecule has 0 saturated carbocycles. The highest BCUT2D eigenvalue weighted by atomic mass is 19.3. The van der Waals surface area contributed by atoms with Crippen LogP contribution in [0.2, 0.25) is 0 Å². The van der Waals surface area contributed by atoms with Crippen molar-refractivity contribution in [1.82, 2.24) is 0 Å². The summed E-state index contributed by atoms with van der Waals surface area (Å²) in [5.74, 6) is -2.22. The van der Waals surface area contributed by atoms with Gasteiger partial charge in [0, 0.05) is 10.9 Å². The normalized spacial score (nSPS) is 16.2. The van der Waals surface area contributed by atoms with Crippen LogP contribution in [-0.4, -0.2) is 28.1 Å². The van der Waals surface area contributed by atoms with E-state index in [-0.39, 0.29) is 25.7 Å². The fourth-order valence-electron chi connectivity index (χ4n) is 1.21. The second-order valence-electron chi connectivity index (χ2n) is 4.81. The number of carboxylic acids is 1. The average Bonchev–Trinajstić information content (AvgIpc) is 2.48. The van der Waals surface area contributed by atoms with E-state index >= 15 is 0 Å². The van der Waals surface area contributed by atoms with E-state index in [9.17, 15) is 14.1 Å². The van der Waals surface area contributed by atoms with Crippen molar-refractivity contribution in [3.63, 3.8) is 0 Å². The molecule has 0 amide bonds. The number of nitrogens with zero attached hydrogens (tertiary/aromatic N) is 4. The molecule has 2 unspecified atom stereocenters. The molecule has 0 rings (SSSR count). The van der Waals surface area contributed by atoms with Gasteiger partial charge in [0.15, 0.2) is 11.1 Å². The highest BCUT2D eigenvalue weighted by Gasteiger charge is 2.29. The zero-order valence-corrected chi connectivity index (χ0v) is 11.7. The summed E-state index contributed by atoms with van der Waals surface area (Å²) in [6.45, 7) is 2.74. The zero-order valence-electron chi connectivity index (χ0n) is 11.7. The molecule has 1 N–H and O–H groups in total. The molecule has 8 nitrogen and oxygen atoms in total. The van der Waals surface area contributed by atoms with Crippen molar-refractivity contribution in [2.75, 3.05) is 0 Å². The summed E-state index contributed by atoms with van der Waals surface area (Å²) in [5.41, 5.74) is -2.83. The van der Waals surface area contributed by atoms with Gasteiger partial charge in [0.25, 0.3) is 0 Å². The van der Waals surface area contributed by atoms with E-state index in [1.165, 1.54) is 13.8 Å². The van der Waals surface area contributed by atoms with Crippen LogP contribution in [0.25, 0.3) is 0 Å². The number of halogens is 1. The monoisotopic (exact) mass is 298 g/mol. The molecule has 0 aromatic rings. The molecule has 0 spiro atoms. The van der Waals surface area contributed by atoms with Crippen LogP contribution in [0.15, 0.2) is 10.2 Å². The lowest BCUT2D eigenvalue weighted by molar-refractivity contribution is -0.183. The number of hydrogen-bond acceptors (Lipinski definition) is 7. The summed E-state index contributed by atoms with van der Waals surface area (Å²) in [4.78, 5) is 24.2. The molecule has 0 bridgehead atoms. The van der Waals surface area contributed by atoms with Crippen LogP contribution in [0.1, 0.15) is 39.5 Å². The van der Waals surface area contributed by atoms with Gasteiger partial charge in [0.2, 0.25) is 0 Å². The predicted octanol–water partition coefficient (Wildman–Crippen LogP) is 2.08. The van der Waals surface area contributed by atoms with Gasteiger partial charge in [-0.2, -0.15) is 20.8 Å². The van der Waals surface area contributed by atoms with Gasteiger partial charge in [-0.05, 0) is 26.7 Å². The van der Waals surface area contributed by atoms with E-state index in [1.807, 2.05) is 6.07 Å². The lowest BCUT2D eigenvalue weighted by Crippen LogP contribution is -2.25. The maximum absolute atomic E-state index is 11.6. The first kappa shape index (κ1) is 18.4. The van der Waals surface area contributed by atoms with Crippen LogP contribution >= 0.6 is 0 Å². The molecule has 0 saturated heterocycles. The fourth-order valence-corrected chi connectivity index (χ4v) is 1.21. The molecule has 0 radical (unpaired) electrons. The van der Waals surface area contributed by atoms with Crippen molar-refractivity contribution in [2.24, 2.45) is 10.2 Å². The minimum Gasteiger partial charge on any atom is -0.481 e. The summed E-state index contributed by atoms with van der Waals surface area (Å²) in [7, 11) is 0. The van der Waals surface area contributed by atoms with Crippen LogP contribution < -0.4 is 0 Å². The Balaban J connectivity index is 4.91. The van der Waals surface area contributed by atoms with Gasteiger partial charge in [-0.3, -0.25) is 9.74 Å². The summed E-state index contributed by atoms with van der Waals surface area (Å²) in [6, 6.07) is 3.62. The molecule has 0 aliphatic heterocycles. The number of carbonyl (C=O) groups excluding carboxylic acids is 1. The molecular weight excluding hydrogens is 283 g/mol. The maximum atomic E-state index is 11.6. The van der Waals surface area contributed by atoms with Crippen molar-refractivity contribution in [2.45, 2.75) is 50.6 Å². The van der Waals surface area contributed by atoms with Gasteiger partial charge in [-0.25, -0.2) is 4.79 Å². The molecule has 9 heteroatoms. The predicted molar refractivity (Wildman–Crippen MR) is 66.2 cm³/mol. The first-order valence-electron chi connectivity index (χ1n) is 6.00. The van der Waals surface area contributed by atoms with Crippen molar-refractivity contribution < 1.29 is 24.2 Å². The average molecular weight is 298 g/mol. The third-order valence-electron chi connectivity index (χ3n) is 2.70. The van der Waals surface area contributed by atoms with Gasteiger partial charge in [-0.15, -0.1) is 0 Å². The van der Waals surface area contributed by atoms with E-state index in [4.69, 9.17) is 15.6 Å². The second-order valence-corrected chi connectivity index (χ2v) is 4.81. The SMILES string of the molecule is CC(C#N)(CCC(=O)O)N=NC(C)(C#N)CCC(=O)OF. The third kappa shape index (κ3) is 6.97. The number of azo groups is 1. The molecule has 21 heavy (non-hydrogen) atoms. The van der Waals surface area contributed by atoms with Gasteiger partial charge < -0.3 is 5.11 Å². The standard InChI is InChI=1S/C12H15FN4O4/c1-11(7-14,5-3-9(18)19)16-17-12(2,8-15)6-4-10(20)21-13/h3-6H2,1-2H3,(H,18,19). The Kier molecular flexibility index (Phi) is 6.94. The summed E-state index contributed by atoms with van der Waals surface area (Å²) in [5, 5.41) is 34.1. The van der Waals surface area contributed by atoms with Crippen LogP contribution in [0.4, 0.5) is 4.53 Å². The number of hydrogen-bond donors (Lipinski definition) is 1. The van der Waals surface area contributed by atoms with Gasteiger partial charge in [0.05, 0.1) is 18.6 Å². The smallest absolute Gasteiger partial charge is 0.348 e. The molecule has 2 atom stereocenters. The van der Waals surface area contributed by atoms with Crippen molar-refractivity contribution in [3.05, 3.63) is 0 Å². The van der Waals surface area contributed by atoms with Crippen LogP contribution in [0.5, 0.6) is 0 Å². The Labute approximate surface area is 120 Å². The number of carbonyl (C=O) groups is 2. The first-order valence-corrected chi connectivity index (χ1v) is 6.00. The highest BCUT2D eigenvalue weighted by Crippen LogP contribution is 2.23. The minimum atomic E-state index is -1.43. The molecule has 0 aliphatic carbocycles. The second kappa shape index (κ2) is 7.90. The molecule has 0 aliphatic rings. The molecule has 114 valence electrons. The molecule has 0 heterocycles. The fraction of sp³-hybridized carbons (Fsp3) is 0.667. The molecule has 0 aromatic heterocycles. The van der Waals surface area contributed by atoms with Crippen LogP contribution in [0, 0.1) is 22.7 Å². The highest BCUT2D eigenvalue weighted by molar-refractivity contribution is 5.68. The first-order chi connectivity index (χ1) is 9.70. The van der Waals surface area contributed by atoms with Crippen molar-refractivity contribution in [3.8, 4) is 12.1 Å². The van der Waals surface area contributed by atoms with E-state index in [0.717, 1.165) is 0 Å². The van der Waals surface area contributed by atoms with E-state index < -0.39 is 23.0 Å². The Morgan fingerprint density at radius 3 is 1.90 bits per heavy atom. The minimum absolute atomic E-state index is 0.0731. The quantitative estimate of drug-likeness (QED) is 0.681. The maximum Gasteiger partial charge on any atom is 0.348 e. The Morgan fingerprint density at radius 1 is 1.14 bits per heavy atom. The Morgan fingerprint density at radius 2 is 1.57 bits per heavy atom. The van der Waals surface area contributed by atoms with Gasteiger partial charge >= 0.3 is 11.9 Å². The number of rotatable bonds is 8. The Hall–Kier alpha value is -2.55. The zero-order chi connectivity index (χ0) is 16.5. The lowest BCUT2D eigenvalue weighted by atomic mass is 9.97. The van der Waals surface area contributed by atoms with Crippen molar-refractivity contribution >= 4 is 11.9 Å². The molecule has 0 fully saturated rings. The number of aliphatic carboxylic acids is 1. The Bertz CT molecular complexity index is 510. The topological polar surface area (TPSA) is 136 Å². The largest absolute Gasteiger partial charge is 0.481 e. The lowest BCUT2D eigenvalue weighted by Gasteiger charge is -2.18. The number of carboxylic acid groups (broad SMARTS) is 1. The number of nitriles is 2. The van der Waals surface area contributed by atoms with Gasteiger partial charge in [0.1, 0.15) is 0 Å². The summed E-state index contributed by atoms with van der Waals surface area (Å²) >= 11 is 0. The van der Waals surface area contributed by atoms with E-state index in [0.29, 0.717) is 0 Å². The van der Waals surface area contributed by atoms with Gasteiger partial charge in [-0.1, -0.05) is 0 Å².